The SMILES string of the molecule is CCCCCCCC/C=C\CCCCCCCC(=O)CC(O)(C(=O)[O-])C(=O)C(C)O.[Na+]. The van der Waals surface area contributed by atoms with Crippen LogP contribution in [-0.2, 0) is 14.4 Å². The monoisotopic (exact) mass is 448 g/mol. The first-order chi connectivity index (χ1) is 14.3. The van der Waals surface area contributed by atoms with Gasteiger partial charge in [0.05, 0.1) is 5.97 Å². The summed E-state index contributed by atoms with van der Waals surface area (Å²) in [6, 6.07) is 0. The third-order valence-electron chi connectivity index (χ3n) is 5.30. The minimum Gasteiger partial charge on any atom is -0.546 e. The minimum absolute atomic E-state index is 0. The number of Topliss-reactive ketones (excluding diaryl/α,β-unsaturated/α-hetero) is 2. The number of carboxylic acid groups (broad SMARTS) is 1. The van der Waals surface area contributed by atoms with Gasteiger partial charge in [-0.2, -0.15) is 0 Å². The number of aliphatic hydroxyl groups excluding tert-OH is 1. The molecule has 0 aliphatic heterocycles. The molecule has 2 atom stereocenters. The molecule has 0 aliphatic rings. The minimum atomic E-state index is -2.95. The largest absolute Gasteiger partial charge is 1.00 e. The second-order valence-electron chi connectivity index (χ2n) is 8.24. The van der Waals surface area contributed by atoms with E-state index in [-0.39, 0.29) is 36.0 Å². The van der Waals surface area contributed by atoms with Crippen molar-refractivity contribution in [1.82, 2.24) is 0 Å². The normalized spacial score (nSPS) is 14.1. The molecule has 174 valence electrons. The Morgan fingerprint density at radius 2 is 1.32 bits per heavy atom. The number of carbonyl (C=O) groups excluding carboxylic acids is 3. The molecule has 0 heterocycles. The molecule has 0 aliphatic carbocycles. The summed E-state index contributed by atoms with van der Waals surface area (Å²) in [6.07, 6.45) is 16.8. The zero-order valence-electron chi connectivity index (χ0n) is 19.9. The first-order valence-electron chi connectivity index (χ1n) is 11.6. The first-order valence-corrected chi connectivity index (χ1v) is 11.6. The van der Waals surface area contributed by atoms with Gasteiger partial charge >= 0.3 is 29.6 Å². The molecular weight excluding hydrogens is 407 g/mol. The van der Waals surface area contributed by atoms with Gasteiger partial charge in [0.25, 0.3) is 0 Å². The van der Waals surface area contributed by atoms with Crippen molar-refractivity contribution in [2.24, 2.45) is 0 Å². The second-order valence-corrected chi connectivity index (χ2v) is 8.24. The Balaban J connectivity index is 0. The van der Waals surface area contributed by atoms with Crippen LogP contribution in [0.2, 0.25) is 0 Å². The Labute approximate surface area is 210 Å². The predicted octanol–water partition coefficient (Wildman–Crippen LogP) is 0.418. The van der Waals surface area contributed by atoms with Crippen LogP contribution in [0.15, 0.2) is 12.2 Å². The fourth-order valence-corrected chi connectivity index (χ4v) is 3.37. The van der Waals surface area contributed by atoms with Crippen molar-refractivity contribution in [1.29, 1.82) is 0 Å². The molecule has 31 heavy (non-hydrogen) atoms. The second kappa shape index (κ2) is 20.1. The van der Waals surface area contributed by atoms with Crippen LogP contribution in [0.4, 0.5) is 0 Å². The summed E-state index contributed by atoms with van der Waals surface area (Å²) in [5.41, 5.74) is -2.95. The zero-order valence-corrected chi connectivity index (χ0v) is 21.9. The van der Waals surface area contributed by atoms with Gasteiger partial charge in [0.15, 0.2) is 11.4 Å². The molecule has 0 saturated carbocycles. The van der Waals surface area contributed by atoms with E-state index in [2.05, 4.69) is 19.1 Å². The van der Waals surface area contributed by atoms with Gasteiger partial charge in [-0.05, 0) is 39.0 Å². The van der Waals surface area contributed by atoms with Crippen molar-refractivity contribution >= 4 is 17.5 Å². The summed E-state index contributed by atoms with van der Waals surface area (Å²) in [4.78, 5) is 34.7. The molecule has 0 aromatic rings. The Kier molecular flexibility index (Phi) is 21.2. The maximum absolute atomic E-state index is 11.9. The number of aliphatic carboxylic acids is 1. The van der Waals surface area contributed by atoms with E-state index in [0.29, 0.717) is 6.42 Å². The average Bonchev–Trinajstić information content (AvgIpc) is 2.69. The van der Waals surface area contributed by atoms with E-state index in [4.69, 9.17) is 0 Å². The Morgan fingerprint density at radius 1 is 0.871 bits per heavy atom. The van der Waals surface area contributed by atoms with E-state index in [1.165, 1.54) is 38.5 Å². The summed E-state index contributed by atoms with van der Waals surface area (Å²) in [7, 11) is 0. The number of carboxylic acids is 1. The molecule has 0 bridgehead atoms. The number of hydrogen-bond acceptors (Lipinski definition) is 6. The fraction of sp³-hybridized carbons (Fsp3) is 0.792. The molecule has 0 saturated heterocycles. The summed E-state index contributed by atoms with van der Waals surface area (Å²) < 4.78 is 0. The number of ketones is 2. The Hall–Kier alpha value is -0.530. The number of rotatable bonds is 20. The van der Waals surface area contributed by atoms with Gasteiger partial charge in [-0.3, -0.25) is 9.59 Å². The van der Waals surface area contributed by atoms with Crippen LogP contribution in [0.1, 0.15) is 110 Å². The van der Waals surface area contributed by atoms with Gasteiger partial charge < -0.3 is 20.1 Å². The Morgan fingerprint density at radius 3 is 1.77 bits per heavy atom. The first kappa shape index (κ1) is 32.6. The van der Waals surface area contributed by atoms with Crippen molar-refractivity contribution in [3.8, 4) is 0 Å². The van der Waals surface area contributed by atoms with Gasteiger partial charge in [0, 0.05) is 12.8 Å². The molecular formula is C24H41NaO6. The van der Waals surface area contributed by atoms with Crippen LogP contribution in [0.25, 0.3) is 0 Å². The summed E-state index contributed by atoms with van der Waals surface area (Å²) in [5, 5.41) is 30.2. The number of unbranched alkanes of at least 4 members (excludes halogenated alkanes) is 11. The standard InChI is InChI=1S/C24H42O6.Na/c1-3-4-5-6-7-8-9-10-11-12-13-14-15-16-17-18-21(26)19-24(30,23(28)29)22(27)20(2)25;/h10-11,20,25,30H,3-9,12-19H2,1-2H3,(H,28,29);/q;+1/p-1/b11-10-;. The van der Waals surface area contributed by atoms with Crippen molar-refractivity contribution < 1.29 is 59.3 Å². The molecule has 2 N–H and O–H groups in total. The number of hydrogen-bond donors (Lipinski definition) is 2. The molecule has 2 unspecified atom stereocenters. The molecule has 6 nitrogen and oxygen atoms in total. The maximum atomic E-state index is 11.9. The number of aliphatic hydroxyl groups is 2. The quantitative estimate of drug-likeness (QED) is 0.121. The van der Waals surface area contributed by atoms with Crippen molar-refractivity contribution in [2.75, 3.05) is 0 Å². The van der Waals surface area contributed by atoms with Gasteiger partial charge in [-0.25, -0.2) is 0 Å². The molecule has 7 heteroatoms. The summed E-state index contributed by atoms with van der Waals surface area (Å²) in [6.45, 7) is 3.27. The topological polar surface area (TPSA) is 115 Å². The number of allylic oxidation sites excluding steroid dienone is 2. The van der Waals surface area contributed by atoms with E-state index in [9.17, 15) is 29.7 Å². The van der Waals surface area contributed by atoms with E-state index in [1.54, 1.807) is 0 Å². The number of carbonyl (C=O) groups is 3. The van der Waals surface area contributed by atoms with Crippen molar-refractivity contribution in [3.63, 3.8) is 0 Å². The zero-order chi connectivity index (χ0) is 22.8. The van der Waals surface area contributed by atoms with Crippen molar-refractivity contribution in [3.05, 3.63) is 12.2 Å². The summed E-state index contributed by atoms with van der Waals surface area (Å²) >= 11 is 0. The maximum Gasteiger partial charge on any atom is 1.00 e. The van der Waals surface area contributed by atoms with E-state index in [1.807, 2.05) is 0 Å². The van der Waals surface area contributed by atoms with Gasteiger partial charge in [-0.15, -0.1) is 0 Å². The van der Waals surface area contributed by atoms with Crippen LogP contribution in [0, 0.1) is 0 Å². The van der Waals surface area contributed by atoms with Gasteiger partial charge in [0.1, 0.15) is 11.9 Å². The van der Waals surface area contributed by atoms with E-state index in [0.717, 1.165) is 45.4 Å². The van der Waals surface area contributed by atoms with Crippen LogP contribution in [0.5, 0.6) is 0 Å². The molecule has 0 amide bonds. The fourth-order valence-electron chi connectivity index (χ4n) is 3.37. The molecule has 0 rings (SSSR count). The summed E-state index contributed by atoms with van der Waals surface area (Å²) in [5.74, 6) is -3.89. The van der Waals surface area contributed by atoms with Crippen LogP contribution in [-0.4, -0.2) is 39.5 Å². The molecule has 0 radical (unpaired) electrons. The Bertz CT molecular complexity index is 532. The van der Waals surface area contributed by atoms with Crippen LogP contribution in [0.3, 0.4) is 0 Å². The van der Waals surface area contributed by atoms with Gasteiger partial charge in [-0.1, -0.05) is 70.4 Å². The smallest absolute Gasteiger partial charge is 0.546 e. The van der Waals surface area contributed by atoms with Gasteiger partial charge in [0.2, 0.25) is 0 Å². The molecule has 0 spiro atoms. The van der Waals surface area contributed by atoms with Crippen LogP contribution < -0.4 is 34.7 Å². The third kappa shape index (κ3) is 15.8. The van der Waals surface area contributed by atoms with Crippen molar-refractivity contribution in [2.45, 2.75) is 122 Å². The van der Waals surface area contributed by atoms with E-state index < -0.39 is 35.7 Å². The average molecular weight is 449 g/mol. The van der Waals surface area contributed by atoms with E-state index >= 15 is 0 Å². The molecule has 0 fully saturated rings. The van der Waals surface area contributed by atoms with Crippen LogP contribution >= 0.6 is 0 Å². The third-order valence-corrected chi connectivity index (χ3v) is 5.30. The molecule has 0 aromatic heterocycles. The molecule has 0 aromatic carbocycles. The predicted molar refractivity (Wildman–Crippen MR) is 116 cm³/mol.